The molecule has 9 heteroatoms. The molecule has 0 saturated heterocycles. The molecule has 0 aliphatic rings. The van der Waals surface area contributed by atoms with Gasteiger partial charge in [0.05, 0.1) is 9.92 Å². The van der Waals surface area contributed by atoms with Crippen LogP contribution in [0.3, 0.4) is 0 Å². The van der Waals surface area contributed by atoms with Crippen LogP contribution in [0.2, 0.25) is 5.02 Å². The number of likely N-dealkylation sites (N-methyl/N-ethyl adjacent to an activating group) is 1. The van der Waals surface area contributed by atoms with Gasteiger partial charge in [0.25, 0.3) is 15.9 Å². The Bertz CT molecular complexity index is 857. The Kier molecular flexibility index (Phi) is 6.22. The Labute approximate surface area is 150 Å². The molecule has 0 spiro atoms. The zero-order valence-corrected chi connectivity index (χ0v) is 14.8. The van der Waals surface area contributed by atoms with Crippen LogP contribution in [0.15, 0.2) is 47.4 Å². The first-order valence-corrected chi connectivity index (χ1v) is 9.15. The van der Waals surface area contributed by atoms with Crippen molar-refractivity contribution < 1.29 is 22.3 Å². The summed E-state index contributed by atoms with van der Waals surface area (Å²) in [6.07, 6.45) is 0. The highest BCUT2D eigenvalue weighted by molar-refractivity contribution is 7.92. The summed E-state index contributed by atoms with van der Waals surface area (Å²) in [5.74, 6) is -0.596. The van der Waals surface area contributed by atoms with E-state index < -0.39 is 15.8 Å². The average Bonchev–Trinajstić information content (AvgIpc) is 2.56. The molecule has 6 nitrogen and oxygen atoms in total. The molecule has 0 radical (unpaired) electrons. The van der Waals surface area contributed by atoms with Crippen molar-refractivity contribution in [1.82, 2.24) is 5.32 Å². The molecule has 2 aromatic carbocycles. The highest BCUT2D eigenvalue weighted by Gasteiger charge is 2.17. The fourth-order valence-corrected chi connectivity index (χ4v) is 3.27. The summed E-state index contributed by atoms with van der Waals surface area (Å²) in [4.78, 5) is 11.3. The van der Waals surface area contributed by atoms with Gasteiger partial charge >= 0.3 is 0 Å². The lowest BCUT2D eigenvalue weighted by molar-refractivity contribution is -0.122. The molecule has 134 valence electrons. The lowest BCUT2D eigenvalue weighted by Gasteiger charge is -2.11. The number of anilines is 1. The molecule has 0 aliphatic heterocycles. The van der Waals surface area contributed by atoms with Crippen LogP contribution in [-0.4, -0.2) is 27.5 Å². The van der Waals surface area contributed by atoms with Gasteiger partial charge in [0.2, 0.25) is 0 Å². The highest BCUT2D eigenvalue weighted by Crippen LogP contribution is 2.28. The first kappa shape index (κ1) is 19.0. The van der Waals surface area contributed by atoms with E-state index in [1.165, 1.54) is 30.3 Å². The van der Waals surface area contributed by atoms with Crippen molar-refractivity contribution >= 4 is 33.2 Å². The Balaban J connectivity index is 2.12. The Morgan fingerprint density at radius 1 is 1.20 bits per heavy atom. The van der Waals surface area contributed by atoms with Crippen molar-refractivity contribution in [3.8, 4) is 5.75 Å². The van der Waals surface area contributed by atoms with Crippen molar-refractivity contribution in [3.05, 3.63) is 53.3 Å². The van der Waals surface area contributed by atoms with Crippen LogP contribution in [-0.2, 0) is 14.8 Å². The van der Waals surface area contributed by atoms with E-state index in [1.807, 2.05) is 0 Å². The molecule has 2 rings (SSSR count). The molecule has 1 amide bonds. The van der Waals surface area contributed by atoms with Gasteiger partial charge in [-0.25, -0.2) is 12.8 Å². The van der Waals surface area contributed by atoms with E-state index in [4.69, 9.17) is 16.3 Å². The maximum atomic E-state index is 12.9. The van der Waals surface area contributed by atoms with Crippen LogP contribution < -0.4 is 14.8 Å². The van der Waals surface area contributed by atoms with Crippen molar-refractivity contribution in [2.24, 2.45) is 0 Å². The molecular weight excluding hydrogens is 371 g/mol. The van der Waals surface area contributed by atoms with E-state index in [2.05, 4.69) is 10.0 Å². The minimum atomic E-state index is -3.90. The number of amides is 1. The Morgan fingerprint density at radius 3 is 2.48 bits per heavy atom. The van der Waals surface area contributed by atoms with E-state index >= 15 is 0 Å². The summed E-state index contributed by atoms with van der Waals surface area (Å²) in [6, 6.07) is 8.76. The lowest BCUT2D eigenvalue weighted by Crippen LogP contribution is -2.28. The van der Waals surface area contributed by atoms with Gasteiger partial charge in [-0.05, 0) is 49.4 Å². The van der Waals surface area contributed by atoms with Crippen molar-refractivity contribution in [1.29, 1.82) is 0 Å². The number of rotatable bonds is 7. The van der Waals surface area contributed by atoms with Gasteiger partial charge in [0.1, 0.15) is 11.6 Å². The largest absolute Gasteiger partial charge is 0.482 e. The minimum absolute atomic E-state index is 0.0475. The summed E-state index contributed by atoms with van der Waals surface area (Å²) < 4.78 is 45.1. The third kappa shape index (κ3) is 5.33. The zero-order chi connectivity index (χ0) is 18.4. The van der Waals surface area contributed by atoms with Crippen LogP contribution in [0.1, 0.15) is 6.92 Å². The van der Waals surface area contributed by atoms with Crippen molar-refractivity contribution in [2.45, 2.75) is 11.8 Å². The molecule has 0 saturated carbocycles. The Hall–Kier alpha value is -2.32. The smallest absolute Gasteiger partial charge is 0.261 e. The van der Waals surface area contributed by atoms with Gasteiger partial charge in [-0.1, -0.05) is 11.6 Å². The van der Waals surface area contributed by atoms with Crippen LogP contribution in [0.4, 0.5) is 10.1 Å². The molecule has 0 heterocycles. The third-order valence-corrected chi connectivity index (χ3v) is 4.72. The number of benzene rings is 2. The van der Waals surface area contributed by atoms with E-state index in [0.29, 0.717) is 6.54 Å². The number of halogens is 2. The molecule has 0 fully saturated rings. The summed E-state index contributed by atoms with van der Waals surface area (Å²) in [7, 11) is -3.90. The topological polar surface area (TPSA) is 84.5 Å². The molecule has 0 aromatic heterocycles. The SMILES string of the molecule is CCNC(=O)COc1ccc(S(=O)(=O)Nc2ccc(F)cc2)cc1Cl. The van der Waals surface area contributed by atoms with E-state index in [9.17, 15) is 17.6 Å². The first-order chi connectivity index (χ1) is 11.8. The van der Waals surface area contributed by atoms with Crippen molar-refractivity contribution in [3.63, 3.8) is 0 Å². The van der Waals surface area contributed by atoms with Gasteiger partial charge in [0, 0.05) is 12.2 Å². The molecule has 2 N–H and O–H groups in total. The first-order valence-electron chi connectivity index (χ1n) is 7.29. The summed E-state index contributed by atoms with van der Waals surface area (Å²) in [5.41, 5.74) is 0.217. The van der Waals surface area contributed by atoms with Gasteiger partial charge in [-0.15, -0.1) is 0 Å². The predicted octanol–water partition coefficient (Wildman–Crippen LogP) is 2.79. The number of hydrogen-bond donors (Lipinski definition) is 2. The van der Waals surface area contributed by atoms with E-state index in [0.717, 1.165) is 12.1 Å². The molecule has 0 atom stereocenters. The summed E-state index contributed by atoms with van der Waals surface area (Å²) >= 11 is 6.02. The third-order valence-electron chi connectivity index (χ3n) is 3.04. The molecule has 0 unspecified atom stereocenters. The van der Waals surface area contributed by atoms with Crippen molar-refractivity contribution in [2.75, 3.05) is 17.9 Å². The summed E-state index contributed by atoms with van der Waals surface area (Å²) in [5, 5.41) is 2.61. The lowest BCUT2D eigenvalue weighted by atomic mass is 10.3. The number of ether oxygens (including phenoxy) is 1. The van der Waals surface area contributed by atoms with Crippen LogP contribution in [0.5, 0.6) is 5.75 Å². The van der Waals surface area contributed by atoms with Gasteiger partial charge in [-0.2, -0.15) is 0 Å². The predicted molar refractivity (Wildman–Crippen MR) is 92.8 cm³/mol. The second-order valence-corrected chi connectivity index (χ2v) is 7.04. The molecular formula is C16H16ClFN2O4S. The minimum Gasteiger partial charge on any atom is -0.482 e. The fraction of sp³-hybridized carbons (Fsp3) is 0.188. The van der Waals surface area contributed by atoms with Gasteiger partial charge in [-0.3, -0.25) is 9.52 Å². The number of sulfonamides is 1. The maximum absolute atomic E-state index is 12.9. The quantitative estimate of drug-likeness (QED) is 0.766. The highest BCUT2D eigenvalue weighted by atomic mass is 35.5. The van der Waals surface area contributed by atoms with Crippen LogP contribution in [0, 0.1) is 5.82 Å². The maximum Gasteiger partial charge on any atom is 0.261 e. The normalized spacial score (nSPS) is 11.0. The van der Waals surface area contributed by atoms with E-state index in [1.54, 1.807) is 6.92 Å². The van der Waals surface area contributed by atoms with E-state index in [-0.39, 0.29) is 33.9 Å². The molecule has 25 heavy (non-hydrogen) atoms. The number of nitrogens with one attached hydrogen (secondary N) is 2. The summed E-state index contributed by atoms with van der Waals surface area (Å²) in [6.45, 7) is 2.02. The average molecular weight is 387 g/mol. The van der Waals surface area contributed by atoms with Gasteiger partial charge in [0.15, 0.2) is 6.61 Å². The molecule has 0 bridgehead atoms. The zero-order valence-electron chi connectivity index (χ0n) is 13.3. The standard InChI is InChI=1S/C16H16ClFN2O4S/c1-2-19-16(21)10-24-15-8-7-13(9-14(15)17)25(22,23)20-12-5-3-11(18)4-6-12/h3-9,20H,2,10H2,1H3,(H,19,21). The molecule has 0 aliphatic carbocycles. The molecule has 2 aromatic rings. The Morgan fingerprint density at radius 2 is 1.88 bits per heavy atom. The van der Waals surface area contributed by atoms with Crippen LogP contribution in [0.25, 0.3) is 0 Å². The second kappa shape index (κ2) is 8.17. The number of carbonyl (C=O) groups excluding carboxylic acids is 1. The number of carbonyl (C=O) groups is 1. The number of hydrogen-bond acceptors (Lipinski definition) is 4. The monoisotopic (exact) mass is 386 g/mol. The fourth-order valence-electron chi connectivity index (χ4n) is 1.89. The van der Waals surface area contributed by atoms with Crippen LogP contribution >= 0.6 is 11.6 Å². The van der Waals surface area contributed by atoms with Gasteiger partial charge < -0.3 is 10.1 Å². The second-order valence-electron chi connectivity index (χ2n) is 4.95.